The van der Waals surface area contributed by atoms with E-state index < -0.39 is 0 Å². The fourth-order valence-electron chi connectivity index (χ4n) is 3.22. The lowest BCUT2D eigenvalue weighted by molar-refractivity contribution is 0.0917. The van der Waals surface area contributed by atoms with Crippen molar-refractivity contribution in [2.75, 3.05) is 13.2 Å². The molecule has 2 aromatic heterocycles. The van der Waals surface area contributed by atoms with E-state index in [2.05, 4.69) is 5.32 Å². The minimum absolute atomic E-state index is 0.150. The molecule has 0 fully saturated rings. The minimum Gasteiger partial charge on any atom is -0.467 e. The first kappa shape index (κ1) is 20.6. The fraction of sp³-hybridized carbons (Fsp3) is 0.200. The van der Waals surface area contributed by atoms with Crippen molar-refractivity contribution in [2.24, 2.45) is 0 Å². The summed E-state index contributed by atoms with van der Waals surface area (Å²) >= 11 is 0. The van der Waals surface area contributed by atoms with Crippen LogP contribution in [0.5, 0.6) is 0 Å². The molecule has 6 nitrogen and oxygen atoms in total. The van der Waals surface area contributed by atoms with Crippen LogP contribution in [0, 0.1) is 6.92 Å². The molecule has 4 aromatic rings. The number of nitrogens with one attached hydrogen (secondary N) is 1. The molecule has 158 valence electrons. The van der Waals surface area contributed by atoms with Gasteiger partial charge in [-0.3, -0.25) is 4.79 Å². The molecule has 1 N–H and O–H groups in total. The molecule has 0 saturated carbocycles. The van der Waals surface area contributed by atoms with Crippen LogP contribution in [0.15, 0.2) is 83.6 Å². The Bertz CT molecular complexity index is 1100. The molecule has 0 bridgehead atoms. The largest absolute Gasteiger partial charge is 0.467 e. The van der Waals surface area contributed by atoms with Crippen molar-refractivity contribution in [3.63, 3.8) is 0 Å². The lowest BCUT2D eigenvalue weighted by Crippen LogP contribution is -2.25. The summed E-state index contributed by atoms with van der Waals surface area (Å²) in [4.78, 5) is 12.9. The highest BCUT2D eigenvalue weighted by molar-refractivity contribution is 5.99. The standard InChI is InChI=1S/C25H25N3O3/c1-19-10-12-21(13-11-19)28-17-23(24(27-28)20-7-3-2-4-8-20)25(29)26-14-6-15-30-18-22-9-5-16-31-22/h2-5,7-13,16-17H,6,14-15,18H2,1H3,(H,26,29). The van der Waals surface area contributed by atoms with E-state index in [1.165, 1.54) is 5.56 Å². The zero-order valence-corrected chi connectivity index (χ0v) is 17.5. The zero-order valence-electron chi connectivity index (χ0n) is 17.5. The molecular weight excluding hydrogens is 390 g/mol. The molecule has 0 radical (unpaired) electrons. The predicted octanol–water partition coefficient (Wildman–Crippen LogP) is 4.78. The Morgan fingerprint density at radius 1 is 1.06 bits per heavy atom. The van der Waals surface area contributed by atoms with Crippen molar-refractivity contribution >= 4 is 5.91 Å². The number of carbonyl (C=O) groups excluding carboxylic acids is 1. The van der Waals surface area contributed by atoms with E-state index in [0.29, 0.717) is 37.4 Å². The number of benzene rings is 2. The summed E-state index contributed by atoms with van der Waals surface area (Å²) in [5, 5.41) is 7.69. The van der Waals surface area contributed by atoms with Crippen LogP contribution in [0.4, 0.5) is 0 Å². The maximum atomic E-state index is 12.9. The molecule has 0 aliphatic heterocycles. The SMILES string of the molecule is Cc1ccc(-n2cc(C(=O)NCCCOCc3ccco3)c(-c3ccccc3)n2)cc1. The summed E-state index contributed by atoms with van der Waals surface area (Å²) in [5.74, 6) is 0.642. The number of hydrogen-bond donors (Lipinski definition) is 1. The normalized spacial score (nSPS) is 10.9. The van der Waals surface area contributed by atoms with E-state index in [1.807, 2.05) is 73.7 Å². The Morgan fingerprint density at radius 2 is 1.87 bits per heavy atom. The number of carbonyl (C=O) groups is 1. The topological polar surface area (TPSA) is 69.3 Å². The summed E-state index contributed by atoms with van der Waals surface area (Å²) in [6, 6.07) is 21.5. The Labute approximate surface area is 181 Å². The second-order valence-corrected chi connectivity index (χ2v) is 7.28. The third-order valence-electron chi connectivity index (χ3n) is 4.88. The first-order valence-corrected chi connectivity index (χ1v) is 10.3. The highest BCUT2D eigenvalue weighted by Gasteiger charge is 2.18. The summed E-state index contributed by atoms with van der Waals surface area (Å²) < 4.78 is 12.6. The van der Waals surface area contributed by atoms with Gasteiger partial charge in [0.25, 0.3) is 5.91 Å². The van der Waals surface area contributed by atoms with Crippen LogP contribution in [0.3, 0.4) is 0 Å². The van der Waals surface area contributed by atoms with Crippen molar-refractivity contribution in [2.45, 2.75) is 20.0 Å². The second kappa shape index (κ2) is 9.91. The molecule has 2 aromatic carbocycles. The smallest absolute Gasteiger partial charge is 0.255 e. The van der Waals surface area contributed by atoms with Crippen molar-refractivity contribution in [3.05, 3.63) is 96.1 Å². The van der Waals surface area contributed by atoms with Crippen LogP contribution in [-0.2, 0) is 11.3 Å². The number of aryl methyl sites for hydroxylation is 1. The third-order valence-corrected chi connectivity index (χ3v) is 4.88. The Morgan fingerprint density at radius 3 is 2.61 bits per heavy atom. The molecule has 4 rings (SSSR count). The van der Waals surface area contributed by atoms with Gasteiger partial charge in [0.05, 0.1) is 17.5 Å². The number of aromatic nitrogens is 2. The molecule has 6 heteroatoms. The van der Waals surface area contributed by atoms with Crippen LogP contribution in [0.1, 0.15) is 28.1 Å². The summed E-state index contributed by atoms with van der Waals surface area (Å²) in [6.45, 7) is 3.53. The molecule has 0 spiro atoms. The summed E-state index contributed by atoms with van der Waals surface area (Å²) in [6.07, 6.45) is 4.12. The Kier molecular flexibility index (Phi) is 6.59. The lowest BCUT2D eigenvalue weighted by Gasteiger charge is -2.06. The van der Waals surface area contributed by atoms with Gasteiger partial charge in [0, 0.05) is 24.9 Å². The third kappa shape index (κ3) is 5.29. The van der Waals surface area contributed by atoms with E-state index in [1.54, 1.807) is 17.1 Å². The van der Waals surface area contributed by atoms with E-state index in [4.69, 9.17) is 14.3 Å². The van der Waals surface area contributed by atoms with E-state index in [-0.39, 0.29) is 5.91 Å². The van der Waals surface area contributed by atoms with Crippen LogP contribution in [0.25, 0.3) is 16.9 Å². The van der Waals surface area contributed by atoms with E-state index >= 15 is 0 Å². The average molecular weight is 415 g/mol. The number of nitrogens with zero attached hydrogens (tertiary/aromatic N) is 2. The van der Waals surface area contributed by atoms with Crippen molar-refractivity contribution < 1.29 is 13.9 Å². The highest BCUT2D eigenvalue weighted by Crippen LogP contribution is 2.23. The quantitative estimate of drug-likeness (QED) is 0.400. The van der Waals surface area contributed by atoms with Crippen LogP contribution in [-0.4, -0.2) is 28.8 Å². The van der Waals surface area contributed by atoms with Gasteiger partial charge in [0.2, 0.25) is 0 Å². The monoisotopic (exact) mass is 415 g/mol. The van der Waals surface area contributed by atoms with Gasteiger partial charge in [-0.1, -0.05) is 48.0 Å². The van der Waals surface area contributed by atoms with Crippen molar-refractivity contribution in [3.8, 4) is 16.9 Å². The number of rotatable bonds is 9. The van der Waals surface area contributed by atoms with Gasteiger partial charge in [-0.2, -0.15) is 5.10 Å². The van der Waals surface area contributed by atoms with Crippen molar-refractivity contribution in [1.82, 2.24) is 15.1 Å². The first-order valence-electron chi connectivity index (χ1n) is 10.3. The molecule has 0 saturated heterocycles. The van der Waals surface area contributed by atoms with Crippen LogP contribution < -0.4 is 5.32 Å². The average Bonchev–Trinajstić information content (AvgIpc) is 3.47. The summed E-state index contributed by atoms with van der Waals surface area (Å²) in [7, 11) is 0. The number of amides is 1. The Balaban J connectivity index is 1.42. The lowest BCUT2D eigenvalue weighted by atomic mass is 10.1. The van der Waals surface area contributed by atoms with Gasteiger partial charge in [0.1, 0.15) is 18.1 Å². The van der Waals surface area contributed by atoms with Gasteiger partial charge < -0.3 is 14.5 Å². The zero-order chi connectivity index (χ0) is 21.5. The molecule has 31 heavy (non-hydrogen) atoms. The molecule has 0 unspecified atom stereocenters. The second-order valence-electron chi connectivity index (χ2n) is 7.28. The van der Waals surface area contributed by atoms with Crippen LogP contribution >= 0.6 is 0 Å². The maximum Gasteiger partial charge on any atom is 0.255 e. The fourth-order valence-corrected chi connectivity index (χ4v) is 3.22. The number of furan rings is 1. The van der Waals surface area contributed by atoms with Gasteiger partial charge in [-0.25, -0.2) is 4.68 Å². The summed E-state index contributed by atoms with van der Waals surface area (Å²) in [5.41, 5.74) is 4.19. The van der Waals surface area contributed by atoms with E-state index in [0.717, 1.165) is 17.0 Å². The molecule has 2 heterocycles. The molecule has 0 aliphatic rings. The highest BCUT2D eigenvalue weighted by atomic mass is 16.5. The number of ether oxygens (including phenoxy) is 1. The van der Waals surface area contributed by atoms with Crippen molar-refractivity contribution in [1.29, 1.82) is 0 Å². The first-order chi connectivity index (χ1) is 15.2. The van der Waals surface area contributed by atoms with Crippen LogP contribution in [0.2, 0.25) is 0 Å². The van der Waals surface area contributed by atoms with Gasteiger partial charge in [0.15, 0.2) is 0 Å². The van der Waals surface area contributed by atoms with E-state index in [9.17, 15) is 4.79 Å². The molecule has 0 atom stereocenters. The minimum atomic E-state index is -0.150. The molecule has 1 amide bonds. The van der Waals surface area contributed by atoms with Gasteiger partial charge in [-0.15, -0.1) is 0 Å². The van der Waals surface area contributed by atoms with Gasteiger partial charge in [-0.05, 0) is 37.6 Å². The molecular formula is C25H25N3O3. The maximum absolute atomic E-state index is 12.9. The molecule has 0 aliphatic carbocycles. The Hall–Kier alpha value is -3.64. The predicted molar refractivity (Wildman–Crippen MR) is 119 cm³/mol. The number of hydrogen-bond acceptors (Lipinski definition) is 4. The van der Waals surface area contributed by atoms with Gasteiger partial charge >= 0.3 is 0 Å².